The SMILES string of the molecule is CCN(CC)CC(O)COc1cccc2[nH]c(=O)[nH]c12. The molecule has 2 rings (SSSR count). The summed E-state index contributed by atoms with van der Waals surface area (Å²) in [6.07, 6.45) is -0.559. The van der Waals surface area contributed by atoms with Gasteiger partial charge in [-0.2, -0.15) is 0 Å². The number of aromatic amines is 2. The number of likely N-dealkylation sites (N-methyl/N-ethyl adjacent to an activating group) is 1. The van der Waals surface area contributed by atoms with Crippen molar-refractivity contribution < 1.29 is 9.84 Å². The van der Waals surface area contributed by atoms with Crippen LogP contribution >= 0.6 is 0 Å². The number of nitrogens with one attached hydrogen (secondary N) is 2. The lowest BCUT2D eigenvalue weighted by Gasteiger charge is -2.21. The fourth-order valence-electron chi connectivity index (χ4n) is 2.17. The molecule has 2 aromatic rings. The van der Waals surface area contributed by atoms with Crippen LogP contribution in [0.5, 0.6) is 5.75 Å². The number of aromatic nitrogens is 2. The van der Waals surface area contributed by atoms with Gasteiger partial charge >= 0.3 is 5.69 Å². The van der Waals surface area contributed by atoms with Gasteiger partial charge in [0.1, 0.15) is 24.0 Å². The third-order valence-electron chi connectivity index (χ3n) is 3.31. The molecule has 0 bridgehead atoms. The predicted molar refractivity (Wildman–Crippen MR) is 78.2 cm³/mol. The summed E-state index contributed by atoms with van der Waals surface area (Å²) in [6, 6.07) is 5.38. The number of nitrogens with zero attached hydrogens (tertiary/aromatic N) is 1. The number of hydrogen-bond acceptors (Lipinski definition) is 4. The first-order chi connectivity index (χ1) is 9.63. The second-order valence-corrected chi connectivity index (χ2v) is 4.71. The highest BCUT2D eigenvalue weighted by Gasteiger charge is 2.11. The van der Waals surface area contributed by atoms with Gasteiger partial charge in [0.15, 0.2) is 0 Å². The molecule has 0 fully saturated rings. The Balaban J connectivity index is 2.00. The Labute approximate surface area is 117 Å². The number of aliphatic hydroxyl groups is 1. The molecule has 0 saturated carbocycles. The Bertz CT molecular complexity index is 601. The minimum absolute atomic E-state index is 0.197. The molecular weight excluding hydrogens is 258 g/mol. The van der Waals surface area contributed by atoms with Crippen LogP contribution in [0.3, 0.4) is 0 Å². The molecular formula is C14H21N3O3. The number of rotatable bonds is 7. The number of hydrogen-bond donors (Lipinski definition) is 3. The first-order valence-corrected chi connectivity index (χ1v) is 6.88. The van der Waals surface area contributed by atoms with Crippen LogP contribution in [-0.2, 0) is 0 Å². The average molecular weight is 279 g/mol. The molecule has 0 aliphatic rings. The highest BCUT2D eigenvalue weighted by atomic mass is 16.5. The summed E-state index contributed by atoms with van der Waals surface area (Å²) in [4.78, 5) is 18.8. The molecule has 0 spiro atoms. The third kappa shape index (κ3) is 3.40. The normalized spacial score (nSPS) is 13.0. The number of H-pyrrole nitrogens is 2. The lowest BCUT2D eigenvalue weighted by Crippen LogP contribution is -2.35. The zero-order valence-corrected chi connectivity index (χ0v) is 11.8. The molecule has 3 N–H and O–H groups in total. The zero-order valence-electron chi connectivity index (χ0n) is 11.8. The third-order valence-corrected chi connectivity index (χ3v) is 3.31. The van der Waals surface area contributed by atoms with Gasteiger partial charge in [-0.25, -0.2) is 4.79 Å². The summed E-state index contributed by atoms with van der Waals surface area (Å²) in [5.41, 5.74) is 1.07. The first kappa shape index (κ1) is 14.6. The Morgan fingerprint density at radius 2 is 2.05 bits per heavy atom. The van der Waals surface area contributed by atoms with Crippen LogP contribution in [0.25, 0.3) is 11.0 Å². The summed E-state index contributed by atoms with van der Waals surface area (Å²) in [5.74, 6) is 0.569. The van der Waals surface area contributed by atoms with E-state index in [0.29, 0.717) is 23.3 Å². The van der Waals surface area contributed by atoms with Crippen LogP contribution in [0.1, 0.15) is 13.8 Å². The standard InChI is InChI=1S/C14H21N3O3/c1-3-17(4-2)8-10(18)9-20-12-7-5-6-11-13(12)16-14(19)15-11/h5-7,10,18H,3-4,8-9H2,1-2H3,(H2,15,16,19). The molecule has 6 nitrogen and oxygen atoms in total. The number of ether oxygens (including phenoxy) is 1. The van der Waals surface area contributed by atoms with Gasteiger partial charge in [-0.05, 0) is 25.2 Å². The fraction of sp³-hybridized carbons (Fsp3) is 0.500. The maximum Gasteiger partial charge on any atom is 0.323 e. The Hall–Kier alpha value is -1.79. The van der Waals surface area contributed by atoms with Crippen molar-refractivity contribution in [3.05, 3.63) is 28.7 Å². The van der Waals surface area contributed by atoms with Crippen molar-refractivity contribution in [2.45, 2.75) is 20.0 Å². The number of aliphatic hydroxyl groups excluding tert-OH is 1. The van der Waals surface area contributed by atoms with Gasteiger partial charge in [-0.15, -0.1) is 0 Å². The van der Waals surface area contributed by atoms with Gasteiger partial charge in [0, 0.05) is 6.54 Å². The van der Waals surface area contributed by atoms with Crippen LogP contribution in [0.15, 0.2) is 23.0 Å². The lowest BCUT2D eigenvalue weighted by molar-refractivity contribution is 0.0721. The van der Waals surface area contributed by atoms with Gasteiger partial charge in [0.25, 0.3) is 0 Å². The van der Waals surface area contributed by atoms with E-state index >= 15 is 0 Å². The van der Waals surface area contributed by atoms with Crippen LogP contribution in [0.4, 0.5) is 0 Å². The van der Waals surface area contributed by atoms with Gasteiger partial charge < -0.3 is 24.7 Å². The Kier molecular flexibility index (Phi) is 4.81. The van der Waals surface area contributed by atoms with E-state index in [2.05, 4.69) is 28.7 Å². The molecule has 0 aliphatic carbocycles. The predicted octanol–water partition coefficient (Wildman–Crippen LogP) is 0.938. The summed E-state index contributed by atoms with van der Waals surface area (Å²) in [5, 5.41) is 9.97. The largest absolute Gasteiger partial charge is 0.489 e. The van der Waals surface area contributed by atoms with Crippen LogP contribution < -0.4 is 10.4 Å². The zero-order chi connectivity index (χ0) is 14.5. The smallest absolute Gasteiger partial charge is 0.323 e. The summed E-state index contributed by atoms with van der Waals surface area (Å²) >= 11 is 0. The van der Waals surface area contributed by atoms with Crippen molar-refractivity contribution >= 4 is 11.0 Å². The molecule has 110 valence electrons. The van der Waals surface area contributed by atoms with Crippen molar-refractivity contribution in [3.8, 4) is 5.75 Å². The van der Waals surface area contributed by atoms with Crippen molar-refractivity contribution in [1.29, 1.82) is 0 Å². The van der Waals surface area contributed by atoms with E-state index in [0.717, 1.165) is 13.1 Å². The molecule has 0 amide bonds. The number of fused-ring (bicyclic) bond motifs is 1. The van der Waals surface area contributed by atoms with E-state index in [1.54, 1.807) is 18.2 Å². The molecule has 1 heterocycles. The topological polar surface area (TPSA) is 81.3 Å². The summed E-state index contributed by atoms with van der Waals surface area (Å²) in [6.45, 7) is 6.68. The van der Waals surface area contributed by atoms with E-state index < -0.39 is 6.10 Å². The molecule has 0 aliphatic heterocycles. The molecule has 20 heavy (non-hydrogen) atoms. The molecule has 1 atom stereocenters. The number of benzene rings is 1. The molecule has 1 unspecified atom stereocenters. The van der Waals surface area contributed by atoms with Crippen LogP contribution in [0, 0.1) is 0 Å². The lowest BCUT2D eigenvalue weighted by atomic mass is 10.3. The Morgan fingerprint density at radius 1 is 1.30 bits per heavy atom. The van der Waals surface area contributed by atoms with Crippen LogP contribution in [-0.4, -0.2) is 52.3 Å². The second-order valence-electron chi connectivity index (χ2n) is 4.71. The molecule has 0 saturated heterocycles. The van der Waals surface area contributed by atoms with E-state index in [1.165, 1.54) is 0 Å². The molecule has 1 aromatic carbocycles. The van der Waals surface area contributed by atoms with Gasteiger partial charge in [-0.1, -0.05) is 19.9 Å². The maximum atomic E-state index is 11.3. The fourth-order valence-corrected chi connectivity index (χ4v) is 2.17. The van der Waals surface area contributed by atoms with Gasteiger partial charge in [0.2, 0.25) is 0 Å². The van der Waals surface area contributed by atoms with Crippen molar-refractivity contribution in [2.75, 3.05) is 26.2 Å². The monoisotopic (exact) mass is 279 g/mol. The van der Waals surface area contributed by atoms with Crippen molar-refractivity contribution in [1.82, 2.24) is 14.9 Å². The molecule has 6 heteroatoms. The van der Waals surface area contributed by atoms with E-state index in [4.69, 9.17) is 4.74 Å². The van der Waals surface area contributed by atoms with E-state index in [-0.39, 0.29) is 12.3 Å². The molecule has 1 aromatic heterocycles. The highest BCUT2D eigenvalue weighted by Crippen LogP contribution is 2.21. The maximum absolute atomic E-state index is 11.3. The van der Waals surface area contributed by atoms with Gasteiger partial charge in [0.05, 0.1) is 5.52 Å². The van der Waals surface area contributed by atoms with E-state index in [9.17, 15) is 9.90 Å². The Morgan fingerprint density at radius 3 is 2.75 bits per heavy atom. The number of para-hydroxylation sites is 1. The number of imidazole rings is 1. The van der Waals surface area contributed by atoms with Crippen molar-refractivity contribution in [3.63, 3.8) is 0 Å². The quantitative estimate of drug-likeness (QED) is 0.704. The first-order valence-electron chi connectivity index (χ1n) is 6.88. The minimum atomic E-state index is -0.559. The summed E-state index contributed by atoms with van der Waals surface area (Å²) < 4.78 is 5.62. The van der Waals surface area contributed by atoms with Crippen LogP contribution in [0.2, 0.25) is 0 Å². The average Bonchev–Trinajstić information content (AvgIpc) is 2.83. The van der Waals surface area contributed by atoms with E-state index in [1.807, 2.05) is 0 Å². The second kappa shape index (κ2) is 6.58. The minimum Gasteiger partial charge on any atom is -0.489 e. The highest BCUT2D eigenvalue weighted by molar-refractivity contribution is 5.80. The van der Waals surface area contributed by atoms with Crippen molar-refractivity contribution in [2.24, 2.45) is 0 Å². The summed E-state index contributed by atoms with van der Waals surface area (Å²) in [7, 11) is 0. The molecule has 0 radical (unpaired) electrons. The van der Waals surface area contributed by atoms with Gasteiger partial charge in [-0.3, -0.25) is 0 Å².